The monoisotopic (exact) mass is 288 g/mol. The second kappa shape index (κ2) is 7.04. The number of rotatable bonds is 7. The van der Waals surface area contributed by atoms with E-state index in [4.69, 9.17) is 9.84 Å². The van der Waals surface area contributed by atoms with Crippen molar-refractivity contribution < 1.29 is 14.6 Å². The number of pyridine rings is 1. The predicted octanol–water partition coefficient (Wildman–Crippen LogP) is 2.54. The molecule has 0 fully saturated rings. The van der Waals surface area contributed by atoms with Crippen molar-refractivity contribution in [1.82, 2.24) is 9.88 Å². The number of fused-ring (bicyclic) bond motifs is 1. The number of carboxylic acids is 1. The molecule has 0 aliphatic heterocycles. The molecule has 0 radical (unpaired) electrons. The SMILES string of the molecule is COc1cccc2ccc(CN(C)CCCC(=O)O)nc12. The third kappa shape index (κ3) is 4.16. The Morgan fingerprint density at radius 2 is 2.14 bits per heavy atom. The normalized spacial score (nSPS) is 11.0. The second-order valence-corrected chi connectivity index (χ2v) is 5.07. The van der Waals surface area contributed by atoms with Gasteiger partial charge in [-0.15, -0.1) is 0 Å². The Hall–Kier alpha value is -2.14. The molecule has 1 aromatic carbocycles. The highest BCUT2D eigenvalue weighted by atomic mass is 16.5. The molecule has 0 unspecified atom stereocenters. The molecule has 0 spiro atoms. The molecule has 2 rings (SSSR count). The molecule has 0 saturated heterocycles. The van der Waals surface area contributed by atoms with Crippen molar-refractivity contribution in [1.29, 1.82) is 0 Å². The van der Waals surface area contributed by atoms with E-state index < -0.39 is 5.97 Å². The van der Waals surface area contributed by atoms with Crippen molar-refractivity contribution in [3.8, 4) is 5.75 Å². The van der Waals surface area contributed by atoms with Crippen molar-refractivity contribution in [3.63, 3.8) is 0 Å². The Bertz CT molecular complexity index is 628. The lowest BCUT2D eigenvalue weighted by atomic mass is 10.2. The first-order valence-corrected chi connectivity index (χ1v) is 6.93. The van der Waals surface area contributed by atoms with Gasteiger partial charge in [-0.05, 0) is 32.1 Å². The van der Waals surface area contributed by atoms with Gasteiger partial charge in [-0.2, -0.15) is 0 Å². The van der Waals surface area contributed by atoms with Gasteiger partial charge in [-0.1, -0.05) is 18.2 Å². The number of aromatic nitrogens is 1. The van der Waals surface area contributed by atoms with Gasteiger partial charge in [0.1, 0.15) is 11.3 Å². The van der Waals surface area contributed by atoms with Crippen LogP contribution in [0, 0.1) is 0 Å². The molecule has 1 N–H and O–H groups in total. The average Bonchev–Trinajstić information content (AvgIpc) is 2.46. The van der Waals surface area contributed by atoms with Crippen LogP contribution in [0.25, 0.3) is 10.9 Å². The molecule has 1 aromatic heterocycles. The Morgan fingerprint density at radius 1 is 1.33 bits per heavy atom. The Balaban J connectivity index is 2.06. The molecule has 0 saturated carbocycles. The van der Waals surface area contributed by atoms with Crippen LogP contribution in [0.1, 0.15) is 18.5 Å². The van der Waals surface area contributed by atoms with E-state index in [2.05, 4.69) is 9.88 Å². The zero-order valence-corrected chi connectivity index (χ0v) is 12.4. The maximum absolute atomic E-state index is 10.5. The summed E-state index contributed by atoms with van der Waals surface area (Å²) in [4.78, 5) is 17.2. The van der Waals surface area contributed by atoms with Crippen LogP contribution in [0.3, 0.4) is 0 Å². The highest BCUT2D eigenvalue weighted by Crippen LogP contribution is 2.23. The fourth-order valence-electron chi connectivity index (χ4n) is 2.27. The number of ether oxygens (including phenoxy) is 1. The summed E-state index contributed by atoms with van der Waals surface area (Å²) >= 11 is 0. The van der Waals surface area contributed by atoms with Gasteiger partial charge >= 0.3 is 5.97 Å². The Kier molecular flexibility index (Phi) is 5.11. The third-order valence-corrected chi connectivity index (χ3v) is 3.32. The van der Waals surface area contributed by atoms with Crippen LogP contribution < -0.4 is 4.74 Å². The van der Waals surface area contributed by atoms with E-state index in [1.807, 2.05) is 37.4 Å². The molecule has 0 aliphatic rings. The van der Waals surface area contributed by atoms with Crippen LogP contribution >= 0.6 is 0 Å². The maximum Gasteiger partial charge on any atom is 0.303 e. The molecule has 5 nitrogen and oxygen atoms in total. The quantitative estimate of drug-likeness (QED) is 0.848. The van der Waals surface area contributed by atoms with E-state index in [-0.39, 0.29) is 6.42 Å². The number of carboxylic acid groups (broad SMARTS) is 1. The Morgan fingerprint density at radius 3 is 2.86 bits per heavy atom. The number of para-hydroxylation sites is 1. The van der Waals surface area contributed by atoms with Crippen molar-refractivity contribution in [3.05, 3.63) is 36.0 Å². The predicted molar refractivity (Wildman–Crippen MR) is 81.5 cm³/mol. The minimum atomic E-state index is -0.753. The lowest BCUT2D eigenvalue weighted by Crippen LogP contribution is -2.20. The summed E-state index contributed by atoms with van der Waals surface area (Å²) in [5.74, 6) is 0.0137. The molecule has 2 aromatic rings. The van der Waals surface area contributed by atoms with E-state index in [1.54, 1.807) is 7.11 Å². The molecule has 112 valence electrons. The highest BCUT2D eigenvalue weighted by Gasteiger charge is 2.07. The van der Waals surface area contributed by atoms with Gasteiger partial charge in [0.2, 0.25) is 0 Å². The summed E-state index contributed by atoms with van der Waals surface area (Å²) in [6, 6.07) is 9.88. The van der Waals surface area contributed by atoms with E-state index in [0.29, 0.717) is 13.0 Å². The number of methoxy groups -OCH3 is 1. The zero-order valence-electron chi connectivity index (χ0n) is 12.4. The zero-order chi connectivity index (χ0) is 15.2. The smallest absolute Gasteiger partial charge is 0.303 e. The van der Waals surface area contributed by atoms with E-state index >= 15 is 0 Å². The topological polar surface area (TPSA) is 62.7 Å². The summed E-state index contributed by atoms with van der Waals surface area (Å²) in [6.45, 7) is 1.42. The van der Waals surface area contributed by atoms with E-state index in [0.717, 1.165) is 28.9 Å². The standard InChI is InChI=1S/C16H20N2O3/c1-18(10-4-7-15(19)20)11-13-9-8-12-5-3-6-14(21-2)16(12)17-13/h3,5-6,8-9H,4,7,10-11H2,1-2H3,(H,19,20). The van der Waals surface area contributed by atoms with Gasteiger partial charge in [0.05, 0.1) is 12.8 Å². The molecule has 0 bridgehead atoms. The second-order valence-electron chi connectivity index (χ2n) is 5.07. The number of hydrogen-bond donors (Lipinski definition) is 1. The molecule has 0 atom stereocenters. The van der Waals surface area contributed by atoms with Gasteiger partial charge in [0.15, 0.2) is 0 Å². The highest BCUT2D eigenvalue weighted by molar-refractivity contribution is 5.84. The van der Waals surface area contributed by atoms with Crippen LogP contribution in [-0.2, 0) is 11.3 Å². The summed E-state index contributed by atoms with van der Waals surface area (Å²) in [5.41, 5.74) is 1.81. The summed E-state index contributed by atoms with van der Waals surface area (Å²) in [6.07, 6.45) is 0.839. The maximum atomic E-state index is 10.5. The van der Waals surface area contributed by atoms with Crippen molar-refractivity contribution in [2.24, 2.45) is 0 Å². The van der Waals surface area contributed by atoms with Gasteiger partial charge in [0, 0.05) is 18.4 Å². The van der Waals surface area contributed by atoms with E-state index in [9.17, 15) is 4.79 Å². The molecule has 0 amide bonds. The lowest BCUT2D eigenvalue weighted by Gasteiger charge is -2.16. The largest absolute Gasteiger partial charge is 0.494 e. The lowest BCUT2D eigenvalue weighted by molar-refractivity contribution is -0.137. The fourth-order valence-corrected chi connectivity index (χ4v) is 2.27. The van der Waals surface area contributed by atoms with Crippen molar-refractivity contribution in [2.75, 3.05) is 20.7 Å². The molecular formula is C16H20N2O3. The third-order valence-electron chi connectivity index (χ3n) is 3.32. The van der Waals surface area contributed by atoms with Crippen LogP contribution in [0.4, 0.5) is 0 Å². The van der Waals surface area contributed by atoms with Crippen molar-refractivity contribution in [2.45, 2.75) is 19.4 Å². The van der Waals surface area contributed by atoms with Crippen LogP contribution in [0.2, 0.25) is 0 Å². The fraction of sp³-hybridized carbons (Fsp3) is 0.375. The first-order chi connectivity index (χ1) is 10.1. The summed E-state index contributed by atoms with van der Waals surface area (Å²) in [5, 5.41) is 9.70. The molecule has 0 aliphatic carbocycles. The minimum Gasteiger partial charge on any atom is -0.494 e. The number of nitrogens with zero attached hydrogens (tertiary/aromatic N) is 2. The van der Waals surface area contributed by atoms with Gasteiger partial charge in [-0.3, -0.25) is 4.79 Å². The first kappa shape index (κ1) is 15.3. The number of hydrogen-bond acceptors (Lipinski definition) is 4. The molecule has 5 heteroatoms. The minimum absolute atomic E-state index is 0.198. The number of carbonyl (C=O) groups is 1. The van der Waals surface area contributed by atoms with Gasteiger partial charge in [0.25, 0.3) is 0 Å². The van der Waals surface area contributed by atoms with Crippen LogP contribution in [0.15, 0.2) is 30.3 Å². The number of benzene rings is 1. The van der Waals surface area contributed by atoms with Crippen molar-refractivity contribution >= 4 is 16.9 Å². The van der Waals surface area contributed by atoms with Crippen LogP contribution in [-0.4, -0.2) is 41.7 Å². The molecule has 1 heterocycles. The average molecular weight is 288 g/mol. The first-order valence-electron chi connectivity index (χ1n) is 6.93. The summed E-state index contributed by atoms with van der Waals surface area (Å²) in [7, 11) is 3.61. The Labute approximate surface area is 124 Å². The molecule has 21 heavy (non-hydrogen) atoms. The van der Waals surface area contributed by atoms with E-state index in [1.165, 1.54) is 0 Å². The van der Waals surface area contributed by atoms with Gasteiger partial charge in [-0.25, -0.2) is 4.98 Å². The van der Waals surface area contributed by atoms with Gasteiger partial charge < -0.3 is 14.7 Å². The summed E-state index contributed by atoms with van der Waals surface area (Å²) < 4.78 is 5.34. The molecular weight excluding hydrogens is 268 g/mol. The number of aliphatic carboxylic acids is 1. The van der Waals surface area contributed by atoms with Crippen LogP contribution in [0.5, 0.6) is 5.75 Å².